The predicted octanol–water partition coefficient (Wildman–Crippen LogP) is 2.98. The molecule has 2 heterocycles. The lowest BCUT2D eigenvalue weighted by Crippen LogP contribution is -2.13. The molecule has 1 aromatic carbocycles. The Morgan fingerprint density at radius 1 is 1.38 bits per heavy atom. The van der Waals surface area contributed by atoms with Crippen molar-refractivity contribution in [3.05, 3.63) is 40.4 Å². The van der Waals surface area contributed by atoms with Gasteiger partial charge in [0, 0.05) is 28.7 Å². The van der Waals surface area contributed by atoms with Crippen molar-refractivity contribution < 1.29 is 9.59 Å². The lowest BCUT2D eigenvalue weighted by atomic mass is 10.0. The van der Waals surface area contributed by atoms with Crippen LogP contribution in [0.1, 0.15) is 33.6 Å². The van der Waals surface area contributed by atoms with Crippen LogP contribution in [0.4, 0.5) is 10.8 Å². The normalized spacial score (nSPS) is 14.0. The fourth-order valence-corrected chi connectivity index (χ4v) is 2.96. The third-order valence-corrected chi connectivity index (χ3v) is 4.16. The van der Waals surface area contributed by atoms with Crippen LogP contribution in [0.25, 0.3) is 0 Å². The average molecular weight is 301 g/mol. The summed E-state index contributed by atoms with van der Waals surface area (Å²) >= 11 is 1.44. The molecule has 108 valence electrons. The molecule has 0 bridgehead atoms. The van der Waals surface area contributed by atoms with Crippen LogP contribution in [0.5, 0.6) is 0 Å². The molecule has 21 heavy (non-hydrogen) atoms. The number of hydrogen-bond acceptors (Lipinski definition) is 4. The number of rotatable bonds is 2. The summed E-state index contributed by atoms with van der Waals surface area (Å²) in [6.45, 7) is 1.94. The molecule has 0 fully saturated rings. The van der Waals surface area contributed by atoms with Crippen molar-refractivity contribution in [2.45, 2.75) is 26.2 Å². The van der Waals surface area contributed by atoms with Gasteiger partial charge in [0.1, 0.15) is 0 Å². The highest BCUT2D eigenvalue weighted by Crippen LogP contribution is 2.24. The summed E-state index contributed by atoms with van der Waals surface area (Å²) in [4.78, 5) is 28.9. The van der Waals surface area contributed by atoms with Gasteiger partial charge in [0.05, 0.1) is 0 Å². The first-order valence-corrected chi connectivity index (χ1v) is 7.60. The Morgan fingerprint density at radius 2 is 2.24 bits per heavy atom. The minimum Gasteiger partial charge on any atom is -0.326 e. The number of nitrogens with one attached hydrogen (secondary N) is 2. The Bertz CT molecular complexity index is 709. The first kappa shape index (κ1) is 13.8. The maximum absolute atomic E-state index is 12.2. The van der Waals surface area contributed by atoms with Gasteiger partial charge >= 0.3 is 0 Å². The van der Waals surface area contributed by atoms with E-state index in [1.165, 1.54) is 11.3 Å². The molecule has 0 aliphatic carbocycles. The third-order valence-electron chi connectivity index (χ3n) is 3.33. The molecule has 5 nitrogen and oxygen atoms in total. The van der Waals surface area contributed by atoms with E-state index in [1.54, 1.807) is 18.3 Å². The maximum Gasteiger partial charge on any atom is 0.257 e. The van der Waals surface area contributed by atoms with Crippen LogP contribution in [0.2, 0.25) is 0 Å². The van der Waals surface area contributed by atoms with Gasteiger partial charge in [-0.25, -0.2) is 4.98 Å². The van der Waals surface area contributed by atoms with Gasteiger partial charge in [0.15, 0.2) is 5.13 Å². The number of aryl methyl sites for hydroxylation is 2. The van der Waals surface area contributed by atoms with E-state index in [4.69, 9.17) is 0 Å². The molecule has 6 heteroatoms. The van der Waals surface area contributed by atoms with Gasteiger partial charge in [-0.05, 0) is 43.5 Å². The summed E-state index contributed by atoms with van der Waals surface area (Å²) in [6.07, 6.45) is 3.85. The van der Waals surface area contributed by atoms with Gasteiger partial charge in [-0.2, -0.15) is 0 Å². The van der Waals surface area contributed by atoms with Gasteiger partial charge in [0.2, 0.25) is 5.91 Å². The van der Waals surface area contributed by atoms with E-state index in [0.29, 0.717) is 17.1 Å². The smallest absolute Gasteiger partial charge is 0.257 e. The van der Waals surface area contributed by atoms with Gasteiger partial charge in [-0.1, -0.05) is 0 Å². The van der Waals surface area contributed by atoms with Gasteiger partial charge < -0.3 is 5.32 Å². The van der Waals surface area contributed by atoms with Crippen LogP contribution in [0.3, 0.4) is 0 Å². The summed E-state index contributed by atoms with van der Waals surface area (Å²) < 4.78 is 0. The van der Waals surface area contributed by atoms with Crippen molar-refractivity contribution in [3.8, 4) is 0 Å². The highest BCUT2D eigenvalue weighted by molar-refractivity contribution is 7.15. The molecule has 0 saturated carbocycles. The second kappa shape index (κ2) is 5.65. The molecule has 1 aliphatic heterocycles. The van der Waals surface area contributed by atoms with E-state index in [1.807, 2.05) is 13.0 Å². The van der Waals surface area contributed by atoms with Crippen LogP contribution in [-0.2, 0) is 11.2 Å². The number of aromatic nitrogens is 1. The van der Waals surface area contributed by atoms with Gasteiger partial charge in [0.25, 0.3) is 5.91 Å². The van der Waals surface area contributed by atoms with Crippen molar-refractivity contribution in [1.29, 1.82) is 0 Å². The molecule has 1 aromatic heterocycles. The molecule has 3 rings (SSSR count). The van der Waals surface area contributed by atoms with Crippen LogP contribution in [-0.4, -0.2) is 16.8 Å². The van der Waals surface area contributed by atoms with E-state index < -0.39 is 0 Å². The van der Waals surface area contributed by atoms with E-state index in [2.05, 4.69) is 15.6 Å². The molecule has 0 atom stereocenters. The molecule has 2 aromatic rings. The molecule has 2 amide bonds. The van der Waals surface area contributed by atoms with E-state index in [9.17, 15) is 9.59 Å². The zero-order chi connectivity index (χ0) is 14.8. The zero-order valence-corrected chi connectivity index (χ0v) is 12.4. The lowest BCUT2D eigenvalue weighted by Gasteiger charge is -2.09. The number of fused-ring (bicyclic) bond motifs is 1. The second-order valence-electron chi connectivity index (χ2n) is 5.00. The summed E-state index contributed by atoms with van der Waals surface area (Å²) in [5.74, 6) is -0.146. The fourth-order valence-electron chi connectivity index (χ4n) is 2.30. The van der Waals surface area contributed by atoms with Crippen molar-refractivity contribution in [1.82, 2.24) is 4.98 Å². The van der Waals surface area contributed by atoms with Gasteiger partial charge in [-0.15, -0.1) is 11.3 Å². The van der Waals surface area contributed by atoms with Crippen molar-refractivity contribution in [3.63, 3.8) is 0 Å². The molecular weight excluding hydrogens is 286 g/mol. The molecular formula is C15H15N3O2S. The Balaban J connectivity index is 1.81. The van der Waals surface area contributed by atoms with E-state index in [-0.39, 0.29) is 11.8 Å². The number of nitrogens with zero attached hydrogens (tertiary/aromatic N) is 1. The van der Waals surface area contributed by atoms with E-state index in [0.717, 1.165) is 29.0 Å². The number of anilines is 2. The molecule has 1 aliphatic rings. The number of hydrogen-bond donors (Lipinski definition) is 2. The Labute approximate surface area is 126 Å². The third kappa shape index (κ3) is 3.11. The van der Waals surface area contributed by atoms with Crippen molar-refractivity contribution >= 4 is 34.0 Å². The molecule has 0 unspecified atom stereocenters. The predicted molar refractivity (Wildman–Crippen MR) is 82.8 cm³/mol. The molecule has 0 saturated heterocycles. The highest BCUT2D eigenvalue weighted by Gasteiger charge is 2.15. The van der Waals surface area contributed by atoms with Crippen molar-refractivity contribution in [2.75, 3.05) is 10.6 Å². The summed E-state index contributed by atoms with van der Waals surface area (Å²) in [5.41, 5.74) is 2.39. The first-order valence-electron chi connectivity index (χ1n) is 6.78. The summed E-state index contributed by atoms with van der Waals surface area (Å²) in [7, 11) is 0. The first-order chi connectivity index (χ1) is 10.1. The van der Waals surface area contributed by atoms with Crippen molar-refractivity contribution in [2.24, 2.45) is 0 Å². The summed E-state index contributed by atoms with van der Waals surface area (Å²) in [5, 5.41) is 6.25. The SMILES string of the molecule is Cc1cnc(NC(=O)c2ccc3c(c2)CCCC(=O)N3)s1. The Hall–Kier alpha value is -2.21. The van der Waals surface area contributed by atoms with Crippen LogP contribution in [0.15, 0.2) is 24.4 Å². The van der Waals surface area contributed by atoms with Crippen LogP contribution >= 0.6 is 11.3 Å². The second-order valence-corrected chi connectivity index (χ2v) is 6.24. The maximum atomic E-state index is 12.2. The minimum absolute atomic E-state index is 0.0317. The Morgan fingerprint density at radius 3 is 3.00 bits per heavy atom. The Kier molecular flexibility index (Phi) is 3.70. The monoisotopic (exact) mass is 301 g/mol. The summed E-state index contributed by atoms with van der Waals surface area (Å²) in [6, 6.07) is 5.36. The highest BCUT2D eigenvalue weighted by atomic mass is 32.1. The van der Waals surface area contributed by atoms with Crippen LogP contribution < -0.4 is 10.6 Å². The quantitative estimate of drug-likeness (QED) is 0.895. The number of amides is 2. The molecule has 0 radical (unpaired) electrons. The number of thiazole rings is 1. The topological polar surface area (TPSA) is 71.1 Å². The molecule has 2 N–H and O–H groups in total. The average Bonchev–Trinajstić information content (AvgIpc) is 2.76. The number of carbonyl (C=O) groups is 2. The lowest BCUT2D eigenvalue weighted by molar-refractivity contribution is -0.116. The molecule has 0 spiro atoms. The standard InChI is InChI=1S/C15H15N3O2S/c1-9-8-16-15(21-9)18-14(20)11-5-6-12-10(7-11)3-2-4-13(19)17-12/h5-8H,2-4H2,1H3,(H,17,19)(H,16,18,20). The fraction of sp³-hybridized carbons (Fsp3) is 0.267. The largest absolute Gasteiger partial charge is 0.326 e. The zero-order valence-electron chi connectivity index (χ0n) is 11.6. The van der Waals surface area contributed by atoms with Crippen LogP contribution in [0, 0.1) is 6.92 Å². The van der Waals surface area contributed by atoms with Gasteiger partial charge in [-0.3, -0.25) is 14.9 Å². The van der Waals surface area contributed by atoms with E-state index >= 15 is 0 Å². The number of carbonyl (C=O) groups excluding carboxylic acids is 2. The number of benzene rings is 1. The minimum atomic E-state index is -0.178.